The molecule has 1 fully saturated rings. The van der Waals surface area contributed by atoms with Gasteiger partial charge in [-0.3, -0.25) is 4.98 Å². The van der Waals surface area contributed by atoms with Crippen molar-refractivity contribution in [3.8, 4) is 10.7 Å². The fourth-order valence-corrected chi connectivity index (χ4v) is 4.44. The Hall–Kier alpha value is -1.31. The Balaban J connectivity index is 1.72. The Morgan fingerprint density at radius 2 is 2.23 bits per heavy atom. The molecule has 3 rings (SSSR count). The molecule has 1 saturated heterocycles. The molecule has 0 aromatic carbocycles. The summed E-state index contributed by atoms with van der Waals surface area (Å²) in [6.07, 6.45) is 7.76. The fourth-order valence-electron chi connectivity index (χ4n) is 2.90. The van der Waals surface area contributed by atoms with Gasteiger partial charge < -0.3 is 0 Å². The van der Waals surface area contributed by atoms with Crippen LogP contribution in [0.15, 0.2) is 29.9 Å². The first-order chi connectivity index (χ1) is 10.5. The van der Waals surface area contributed by atoms with Gasteiger partial charge in [0, 0.05) is 30.9 Å². The van der Waals surface area contributed by atoms with Crippen molar-refractivity contribution in [2.75, 3.05) is 19.3 Å². The van der Waals surface area contributed by atoms with Crippen LogP contribution in [0.3, 0.4) is 0 Å². The molecule has 3 heterocycles. The molecule has 0 bridgehead atoms. The highest BCUT2D eigenvalue weighted by molar-refractivity contribution is 7.88. The Kier molecular flexibility index (Phi) is 4.56. The summed E-state index contributed by atoms with van der Waals surface area (Å²) in [5.74, 6) is 0.370. The van der Waals surface area contributed by atoms with Crippen LogP contribution in [0.25, 0.3) is 10.7 Å². The van der Waals surface area contributed by atoms with Crippen LogP contribution < -0.4 is 0 Å². The van der Waals surface area contributed by atoms with Crippen LogP contribution in [0.1, 0.15) is 18.4 Å². The lowest BCUT2D eigenvalue weighted by Gasteiger charge is -2.31. The van der Waals surface area contributed by atoms with Crippen LogP contribution in [-0.2, 0) is 16.4 Å². The van der Waals surface area contributed by atoms with E-state index in [4.69, 9.17) is 0 Å². The van der Waals surface area contributed by atoms with Crippen LogP contribution in [-0.4, -0.2) is 42.0 Å². The van der Waals surface area contributed by atoms with Crippen molar-refractivity contribution in [3.05, 3.63) is 35.5 Å². The number of pyridine rings is 1. The van der Waals surface area contributed by atoms with Crippen molar-refractivity contribution in [1.29, 1.82) is 0 Å². The van der Waals surface area contributed by atoms with Crippen LogP contribution in [0.4, 0.5) is 0 Å². The SMILES string of the molecule is CS(=O)(=O)N1CCCC(Cc2ccnc(-c3nccs3)c2)C1. The third-order valence-corrected chi connectivity index (χ3v) is 6.02. The summed E-state index contributed by atoms with van der Waals surface area (Å²) in [4.78, 5) is 8.66. The van der Waals surface area contributed by atoms with Crippen LogP contribution in [0.2, 0.25) is 0 Å². The van der Waals surface area contributed by atoms with Crippen molar-refractivity contribution in [1.82, 2.24) is 14.3 Å². The molecule has 2 aromatic heterocycles. The number of thiazole rings is 1. The molecule has 1 aliphatic heterocycles. The third kappa shape index (κ3) is 3.71. The van der Waals surface area contributed by atoms with Crippen LogP contribution in [0, 0.1) is 5.92 Å². The summed E-state index contributed by atoms with van der Waals surface area (Å²) in [6, 6.07) is 4.08. The fraction of sp³-hybridized carbons (Fsp3) is 0.467. The molecule has 1 aliphatic rings. The minimum absolute atomic E-state index is 0.370. The van der Waals surface area contributed by atoms with E-state index >= 15 is 0 Å². The molecule has 0 saturated carbocycles. The van der Waals surface area contributed by atoms with E-state index in [1.807, 2.05) is 17.6 Å². The van der Waals surface area contributed by atoms with Gasteiger partial charge in [-0.1, -0.05) is 0 Å². The molecule has 0 radical (unpaired) electrons. The zero-order valence-corrected chi connectivity index (χ0v) is 14.1. The zero-order valence-electron chi connectivity index (χ0n) is 12.5. The highest BCUT2D eigenvalue weighted by Crippen LogP contribution is 2.25. The summed E-state index contributed by atoms with van der Waals surface area (Å²) in [7, 11) is -3.08. The van der Waals surface area contributed by atoms with Gasteiger partial charge in [0.25, 0.3) is 0 Å². The summed E-state index contributed by atoms with van der Waals surface area (Å²) in [5.41, 5.74) is 2.09. The monoisotopic (exact) mass is 337 g/mol. The van der Waals surface area contributed by atoms with Crippen molar-refractivity contribution in [2.45, 2.75) is 19.3 Å². The number of piperidine rings is 1. The molecule has 0 amide bonds. The van der Waals surface area contributed by atoms with E-state index in [2.05, 4.69) is 16.0 Å². The number of hydrogen-bond donors (Lipinski definition) is 0. The van der Waals surface area contributed by atoms with Crippen molar-refractivity contribution in [2.24, 2.45) is 5.92 Å². The predicted octanol–water partition coefficient (Wildman–Crippen LogP) is 2.42. The Morgan fingerprint density at radius 3 is 2.95 bits per heavy atom. The highest BCUT2D eigenvalue weighted by atomic mass is 32.2. The summed E-state index contributed by atoms with van der Waals surface area (Å²) >= 11 is 1.57. The molecule has 0 spiro atoms. The normalized spacial score (nSPS) is 20.1. The lowest BCUT2D eigenvalue weighted by atomic mass is 9.92. The summed E-state index contributed by atoms with van der Waals surface area (Å²) in [6.45, 7) is 1.27. The topological polar surface area (TPSA) is 63.2 Å². The average molecular weight is 337 g/mol. The van der Waals surface area contributed by atoms with Crippen molar-refractivity contribution < 1.29 is 8.42 Å². The Morgan fingerprint density at radius 1 is 1.36 bits per heavy atom. The Labute approximate surface area is 135 Å². The summed E-state index contributed by atoms with van der Waals surface area (Å²) < 4.78 is 25.0. The van der Waals surface area contributed by atoms with Crippen molar-refractivity contribution in [3.63, 3.8) is 0 Å². The molecule has 2 aromatic rings. The maximum Gasteiger partial charge on any atom is 0.211 e. The molecule has 22 heavy (non-hydrogen) atoms. The minimum Gasteiger partial charge on any atom is -0.254 e. The van der Waals surface area contributed by atoms with Gasteiger partial charge in [-0.25, -0.2) is 17.7 Å². The second-order valence-corrected chi connectivity index (χ2v) is 8.60. The standard InChI is InChI=1S/C15H19N3O2S2/c1-22(19,20)18-7-2-3-13(11-18)9-12-4-5-16-14(10-12)15-17-6-8-21-15/h4-6,8,10,13H,2-3,7,9,11H2,1H3. The molecule has 5 nitrogen and oxygen atoms in total. The number of rotatable bonds is 4. The van der Waals surface area contributed by atoms with Crippen LogP contribution >= 0.6 is 11.3 Å². The number of sulfonamides is 1. The van der Waals surface area contributed by atoms with Gasteiger partial charge in [-0.15, -0.1) is 11.3 Å². The lowest BCUT2D eigenvalue weighted by molar-refractivity contribution is 0.267. The highest BCUT2D eigenvalue weighted by Gasteiger charge is 2.25. The van der Waals surface area contributed by atoms with Gasteiger partial charge in [-0.05, 0) is 42.9 Å². The van der Waals surface area contributed by atoms with Gasteiger partial charge in [0.05, 0.1) is 11.9 Å². The molecular weight excluding hydrogens is 318 g/mol. The maximum absolute atomic E-state index is 11.7. The molecule has 0 aliphatic carbocycles. The number of nitrogens with zero attached hydrogens (tertiary/aromatic N) is 3. The first kappa shape index (κ1) is 15.6. The van der Waals surface area contributed by atoms with E-state index in [1.165, 1.54) is 11.8 Å². The quantitative estimate of drug-likeness (QED) is 0.859. The van der Waals surface area contributed by atoms with Gasteiger partial charge in [-0.2, -0.15) is 0 Å². The molecule has 7 heteroatoms. The van der Waals surface area contributed by atoms with Crippen LogP contribution in [0.5, 0.6) is 0 Å². The molecule has 118 valence electrons. The van der Waals surface area contributed by atoms with E-state index in [0.29, 0.717) is 19.0 Å². The van der Waals surface area contributed by atoms with E-state index in [9.17, 15) is 8.42 Å². The average Bonchev–Trinajstić information content (AvgIpc) is 3.01. The first-order valence-corrected chi connectivity index (χ1v) is 10.0. The van der Waals surface area contributed by atoms with E-state index in [-0.39, 0.29) is 0 Å². The first-order valence-electron chi connectivity index (χ1n) is 7.32. The molecule has 0 N–H and O–H groups in total. The van der Waals surface area contributed by atoms with E-state index in [0.717, 1.165) is 30.0 Å². The van der Waals surface area contributed by atoms with Gasteiger partial charge >= 0.3 is 0 Å². The van der Waals surface area contributed by atoms with Crippen molar-refractivity contribution >= 4 is 21.4 Å². The van der Waals surface area contributed by atoms with E-state index < -0.39 is 10.0 Å². The second kappa shape index (κ2) is 6.44. The lowest BCUT2D eigenvalue weighted by Crippen LogP contribution is -2.39. The largest absolute Gasteiger partial charge is 0.254 e. The maximum atomic E-state index is 11.7. The van der Waals surface area contributed by atoms with E-state index in [1.54, 1.807) is 21.8 Å². The number of hydrogen-bond acceptors (Lipinski definition) is 5. The minimum atomic E-state index is -3.08. The zero-order chi connectivity index (χ0) is 15.6. The van der Waals surface area contributed by atoms with Gasteiger partial charge in [0.15, 0.2) is 0 Å². The molecule has 1 unspecified atom stereocenters. The molecular formula is C15H19N3O2S2. The predicted molar refractivity (Wildman–Crippen MR) is 88.2 cm³/mol. The number of aromatic nitrogens is 2. The van der Waals surface area contributed by atoms with Gasteiger partial charge in [0.1, 0.15) is 5.01 Å². The van der Waals surface area contributed by atoms with Gasteiger partial charge in [0.2, 0.25) is 10.0 Å². The Bertz CT molecular complexity index is 729. The second-order valence-electron chi connectivity index (χ2n) is 5.72. The summed E-state index contributed by atoms with van der Waals surface area (Å²) in [5, 5.41) is 2.86. The third-order valence-electron chi connectivity index (χ3n) is 3.95. The molecule has 1 atom stereocenters. The smallest absolute Gasteiger partial charge is 0.211 e.